The molecule has 2 rings (SSSR count). The number of halogens is 2. The van der Waals surface area contributed by atoms with Gasteiger partial charge in [0.15, 0.2) is 0 Å². The molecule has 8 heteroatoms. The summed E-state index contributed by atoms with van der Waals surface area (Å²) in [5.74, 6) is -1.18. The maximum Gasteiger partial charge on any atom is 0.326 e. The van der Waals surface area contributed by atoms with Gasteiger partial charge in [-0.1, -0.05) is 29.3 Å². The summed E-state index contributed by atoms with van der Waals surface area (Å²) >= 11 is 12.6. The van der Waals surface area contributed by atoms with Crippen molar-refractivity contribution in [3.63, 3.8) is 0 Å². The van der Waals surface area contributed by atoms with Gasteiger partial charge in [-0.05, 0) is 42.5 Å². The summed E-state index contributed by atoms with van der Waals surface area (Å²) in [5, 5.41) is 0.316. The molecule has 1 aromatic carbocycles. The van der Waals surface area contributed by atoms with E-state index in [9.17, 15) is 14.4 Å². The highest BCUT2D eigenvalue weighted by atomic mass is 35.5. The number of thioether (sulfide) groups is 1. The number of ether oxygens (including phenoxy) is 1. The first-order chi connectivity index (χ1) is 10.4. The van der Waals surface area contributed by atoms with Crippen LogP contribution in [-0.2, 0) is 14.3 Å². The van der Waals surface area contributed by atoms with E-state index in [1.807, 2.05) is 0 Å². The lowest BCUT2D eigenvalue weighted by molar-refractivity contribution is -0.145. The number of carbonyl (C=O) groups is 3. The number of hydrogen-bond donors (Lipinski definition) is 0. The monoisotopic (exact) mass is 359 g/mol. The molecule has 0 unspecified atom stereocenters. The van der Waals surface area contributed by atoms with E-state index in [1.54, 1.807) is 19.1 Å². The van der Waals surface area contributed by atoms with Crippen LogP contribution >= 0.6 is 35.0 Å². The van der Waals surface area contributed by atoms with E-state index in [0.29, 0.717) is 15.6 Å². The number of benzene rings is 1. The van der Waals surface area contributed by atoms with Gasteiger partial charge in [-0.15, -0.1) is 0 Å². The van der Waals surface area contributed by atoms with Crippen molar-refractivity contribution >= 4 is 58.2 Å². The molecule has 0 radical (unpaired) electrons. The van der Waals surface area contributed by atoms with Crippen LogP contribution in [-0.4, -0.2) is 35.2 Å². The number of carbonyl (C=O) groups excluding carboxylic acids is 3. The second kappa shape index (κ2) is 7.17. The first-order valence-electron chi connectivity index (χ1n) is 6.28. The van der Waals surface area contributed by atoms with Gasteiger partial charge in [-0.2, -0.15) is 0 Å². The van der Waals surface area contributed by atoms with Gasteiger partial charge in [0.05, 0.1) is 11.5 Å². The Morgan fingerprint density at radius 3 is 2.73 bits per heavy atom. The summed E-state index contributed by atoms with van der Waals surface area (Å²) in [6.45, 7) is 1.43. The molecule has 1 saturated heterocycles. The molecular weight excluding hydrogens is 349 g/mol. The number of imide groups is 1. The van der Waals surface area contributed by atoms with Crippen LogP contribution in [0, 0.1) is 0 Å². The summed E-state index contributed by atoms with van der Waals surface area (Å²) in [5.41, 5.74) is 0.563. The average Bonchev–Trinajstić information content (AvgIpc) is 2.70. The van der Waals surface area contributed by atoms with Crippen LogP contribution < -0.4 is 0 Å². The summed E-state index contributed by atoms with van der Waals surface area (Å²) in [6.07, 6.45) is 1.49. The van der Waals surface area contributed by atoms with Gasteiger partial charge in [0.1, 0.15) is 6.54 Å². The van der Waals surface area contributed by atoms with E-state index in [0.717, 1.165) is 16.7 Å². The third kappa shape index (κ3) is 3.82. The van der Waals surface area contributed by atoms with Crippen LogP contribution in [0.4, 0.5) is 4.79 Å². The van der Waals surface area contributed by atoms with Crippen LogP contribution in [0.2, 0.25) is 10.0 Å². The molecule has 116 valence electrons. The molecule has 1 aliphatic heterocycles. The fourth-order valence-electron chi connectivity index (χ4n) is 1.73. The molecular formula is C14H11Cl2NO4S. The second-order valence-electron chi connectivity index (χ2n) is 4.24. The predicted molar refractivity (Wildman–Crippen MR) is 85.8 cm³/mol. The highest BCUT2D eigenvalue weighted by molar-refractivity contribution is 8.18. The van der Waals surface area contributed by atoms with Crippen LogP contribution in [0.25, 0.3) is 6.08 Å². The number of amides is 2. The molecule has 0 spiro atoms. The molecule has 5 nitrogen and oxygen atoms in total. The Morgan fingerprint density at radius 2 is 2.09 bits per heavy atom. The third-order valence-electron chi connectivity index (χ3n) is 2.72. The molecule has 1 aromatic rings. The van der Waals surface area contributed by atoms with Crippen molar-refractivity contribution in [2.45, 2.75) is 6.92 Å². The Labute approximate surface area is 141 Å². The molecule has 2 amide bonds. The maximum atomic E-state index is 12.2. The molecule has 0 saturated carbocycles. The molecule has 0 aromatic heterocycles. The smallest absolute Gasteiger partial charge is 0.326 e. The van der Waals surface area contributed by atoms with Crippen LogP contribution in [0.15, 0.2) is 23.1 Å². The van der Waals surface area contributed by atoms with Gasteiger partial charge < -0.3 is 4.74 Å². The molecule has 1 fully saturated rings. The zero-order valence-electron chi connectivity index (χ0n) is 11.5. The first-order valence-corrected chi connectivity index (χ1v) is 7.85. The summed E-state index contributed by atoms with van der Waals surface area (Å²) in [6, 6.07) is 4.81. The molecule has 0 atom stereocenters. The Bertz CT molecular complexity index is 675. The maximum absolute atomic E-state index is 12.2. The summed E-state index contributed by atoms with van der Waals surface area (Å²) in [7, 11) is 0. The number of esters is 1. The first kappa shape index (κ1) is 16.9. The quantitative estimate of drug-likeness (QED) is 0.607. The van der Waals surface area contributed by atoms with Crippen LogP contribution in [0.1, 0.15) is 12.5 Å². The highest BCUT2D eigenvalue weighted by Gasteiger charge is 2.36. The van der Waals surface area contributed by atoms with Crippen molar-refractivity contribution in [2.75, 3.05) is 13.2 Å². The molecule has 1 aliphatic rings. The molecule has 22 heavy (non-hydrogen) atoms. The number of rotatable bonds is 4. The minimum atomic E-state index is -0.629. The molecule has 0 bridgehead atoms. The standard InChI is InChI=1S/C14H11Cl2NO4S/c1-2-21-12(18)7-17-13(19)11(22-14(17)20)5-8-3-4-9(15)6-10(8)16/h3-6H,2,7H2,1H3/b11-5+. The van der Waals surface area contributed by atoms with Gasteiger partial charge >= 0.3 is 5.97 Å². The lowest BCUT2D eigenvalue weighted by Gasteiger charge is -2.10. The lowest BCUT2D eigenvalue weighted by atomic mass is 10.2. The second-order valence-corrected chi connectivity index (χ2v) is 6.08. The zero-order chi connectivity index (χ0) is 16.3. The van der Waals surface area contributed by atoms with Crippen molar-refractivity contribution in [3.8, 4) is 0 Å². The third-order valence-corrected chi connectivity index (χ3v) is 4.19. The van der Waals surface area contributed by atoms with Crippen molar-refractivity contribution in [1.82, 2.24) is 4.90 Å². The van der Waals surface area contributed by atoms with E-state index in [4.69, 9.17) is 27.9 Å². The minimum Gasteiger partial charge on any atom is -0.465 e. The van der Waals surface area contributed by atoms with Crippen LogP contribution in [0.5, 0.6) is 0 Å². The Morgan fingerprint density at radius 1 is 1.36 bits per heavy atom. The summed E-state index contributed by atoms with van der Waals surface area (Å²) in [4.78, 5) is 36.5. The van der Waals surface area contributed by atoms with Gasteiger partial charge in [0.2, 0.25) is 0 Å². The highest BCUT2D eigenvalue weighted by Crippen LogP contribution is 2.33. The Kier molecular flexibility index (Phi) is 5.50. The van der Waals surface area contributed by atoms with Crippen molar-refractivity contribution in [2.24, 2.45) is 0 Å². The normalized spacial score (nSPS) is 16.5. The van der Waals surface area contributed by atoms with E-state index < -0.39 is 23.7 Å². The van der Waals surface area contributed by atoms with E-state index in [-0.39, 0.29) is 11.5 Å². The van der Waals surface area contributed by atoms with Gasteiger partial charge in [0, 0.05) is 10.0 Å². The topological polar surface area (TPSA) is 63.7 Å². The van der Waals surface area contributed by atoms with E-state index >= 15 is 0 Å². The number of hydrogen-bond acceptors (Lipinski definition) is 5. The molecule has 0 N–H and O–H groups in total. The van der Waals surface area contributed by atoms with Crippen molar-refractivity contribution in [1.29, 1.82) is 0 Å². The minimum absolute atomic E-state index is 0.186. The average molecular weight is 360 g/mol. The number of nitrogens with zero attached hydrogens (tertiary/aromatic N) is 1. The fourth-order valence-corrected chi connectivity index (χ4v) is 3.02. The van der Waals surface area contributed by atoms with Crippen molar-refractivity contribution in [3.05, 3.63) is 38.7 Å². The largest absolute Gasteiger partial charge is 0.465 e. The lowest BCUT2D eigenvalue weighted by Crippen LogP contribution is -2.34. The fraction of sp³-hybridized carbons (Fsp3) is 0.214. The van der Waals surface area contributed by atoms with Gasteiger partial charge in [-0.3, -0.25) is 19.3 Å². The Hall–Kier alpha value is -1.50. The van der Waals surface area contributed by atoms with Crippen molar-refractivity contribution < 1.29 is 19.1 Å². The van der Waals surface area contributed by atoms with Crippen LogP contribution in [0.3, 0.4) is 0 Å². The van der Waals surface area contributed by atoms with Gasteiger partial charge in [0.25, 0.3) is 11.1 Å². The molecule has 1 heterocycles. The van der Waals surface area contributed by atoms with E-state index in [1.165, 1.54) is 12.1 Å². The summed E-state index contributed by atoms with van der Waals surface area (Å²) < 4.78 is 4.74. The molecule has 0 aliphatic carbocycles. The Balaban J connectivity index is 2.20. The SMILES string of the molecule is CCOC(=O)CN1C(=O)S/C(=C/c2ccc(Cl)cc2Cl)C1=O. The van der Waals surface area contributed by atoms with Gasteiger partial charge in [-0.25, -0.2) is 0 Å². The predicted octanol–water partition coefficient (Wildman–Crippen LogP) is 3.59. The van der Waals surface area contributed by atoms with E-state index in [2.05, 4.69) is 0 Å². The zero-order valence-corrected chi connectivity index (χ0v) is 13.8.